The van der Waals surface area contributed by atoms with Gasteiger partial charge in [-0.05, 0) is 35.9 Å². The summed E-state index contributed by atoms with van der Waals surface area (Å²) in [5, 5.41) is 1.28. The van der Waals surface area contributed by atoms with Crippen LogP contribution in [0.5, 0.6) is 0 Å². The summed E-state index contributed by atoms with van der Waals surface area (Å²) in [7, 11) is 0. The average Bonchev–Trinajstić information content (AvgIpc) is 2.48. The SMILES string of the molecule is NCC#Cc1cc(CSc2cc(Cl)ccc2Cl)ccc1F. The Morgan fingerprint density at radius 1 is 1.14 bits per heavy atom. The van der Waals surface area contributed by atoms with E-state index in [0.29, 0.717) is 21.4 Å². The minimum absolute atomic E-state index is 0.205. The number of hydrogen-bond acceptors (Lipinski definition) is 2. The molecule has 0 saturated heterocycles. The molecule has 0 aromatic heterocycles. The zero-order valence-electron chi connectivity index (χ0n) is 11.0. The number of rotatable bonds is 3. The van der Waals surface area contributed by atoms with Crippen molar-refractivity contribution in [2.75, 3.05) is 6.54 Å². The maximum Gasteiger partial charge on any atom is 0.138 e. The minimum Gasteiger partial charge on any atom is -0.320 e. The molecule has 0 amide bonds. The molecule has 2 aromatic carbocycles. The third-order valence-electron chi connectivity index (χ3n) is 2.64. The second-order valence-electron chi connectivity index (χ2n) is 4.18. The summed E-state index contributed by atoms with van der Waals surface area (Å²) in [6.07, 6.45) is 0. The van der Waals surface area contributed by atoms with E-state index in [1.807, 2.05) is 6.07 Å². The summed E-state index contributed by atoms with van der Waals surface area (Å²) in [6.45, 7) is 0.205. The van der Waals surface area contributed by atoms with Crippen molar-refractivity contribution in [3.63, 3.8) is 0 Å². The fraction of sp³-hybridized carbons (Fsp3) is 0.125. The smallest absolute Gasteiger partial charge is 0.138 e. The molecule has 0 atom stereocenters. The lowest BCUT2D eigenvalue weighted by atomic mass is 10.1. The Labute approximate surface area is 137 Å². The van der Waals surface area contributed by atoms with Gasteiger partial charge in [-0.15, -0.1) is 11.8 Å². The molecule has 2 aromatic rings. The highest BCUT2D eigenvalue weighted by Crippen LogP contribution is 2.32. The minimum atomic E-state index is -0.342. The third kappa shape index (κ3) is 4.66. The van der Waals surface area contributed by atoms with Crippen LogP contribution in [0.25, 0.3) is 0 Å². The van der Waals surface area contributed by atoms with Crippen molar-refractivity contribution < 1.29 is 4.39 Å². The maximum absolute atomic E-state index is 13.6. The van der Waals surface area contributed by atoms with Crippen LogP contribution in [0.1, 0.15) is 11.1 Å². The molecule has 0 unspecified atom stereocenters. The van der Waals surface area contributed by atoms with Gasteiger partial charge >= 0.3 is 0 Å². The Morgan fingerprint density at radius 3 is 2.71 bits per heavy atom. The average molecular weight is 340 g/mol. The summed E-state index contributed by atoms with van der Waals surface area (Å²) >= 11 is 13.6. The number of halogens is 3. The van der Waals surface area contributed by atoms with Crippen LogP contribution in [-0.2, 0) is 5.75 Å². The van der Waals surface area contributed by atoms with Crippen LogP contribution in [0.2, 0.25) is 10.0 Å². The first-order valence-electron chi connectivity index (χ1n) is 6.15. The van der Waals surface area contributed by atoms with E-state index in [-0.39, 0.29) is 12.4 Å². The van der Waals surface area contributed by atoms with Gasteiger partial charge in [-0.3, -0.25) is 0 Å². The summed E-state index contributed by atoms with van der Waals surface area (Å²) in [5.41, 5.74) is 6.62. The first kappa shape index (κ1) is 16.2. The number of nitrogens with two attached hydrogens (primary N) is 1. The summed E-state index contributed by atoms with van der Waals surface area (Å²) < 4.78 is 13.6. The lowest BCUT2D eigenvalue weighted by Gasteiger charge is -2.06. The Kier molecular flexibility index (Phi) is 5.96. The Hall–Kier alpha value is -1.18. The Morgan fingerprint density at radius 2 is 1.95 bits per heavy atom. The summed E-state index contributed by atoms with van der Waals surface area (Å²) in [6, 6.07) is 10.2. The van der Waals surface area contributed by atoms with Gasteiger partial charge in [-0.1, -0.05) is 41.1 Å². The van der Waals surface area contributed by atoms with Gasteiger partial charge in [0.05, 0.1) is 17.1 Å². The van der Waals surface area contributed by atoms with E-state index < -0.39 is 0 Å². The molecule has 0 heterocycles. The van der Waals surface area contributed by atoms with Crippen LogP contribution in [0, 0.1) is 17.7 Å². The molecule has 0 bridgehead atoms. The largest absolute Gasteiger partial charge is 0.320 e. The van der Waals surface area contributed by atoms with Crippen LogP contribution < -0.4 is 5.73 Å². The second-order valence-corrected chi connectivity index (χ2v) is 6.04. The molecule has 5 heteroatoms. The van der Waals surface area contributed by atoms with Crippen molar-refractivity contribution in [2.45, 2.75) is 10.6 Å². The normalized spacial score (nSPS) is 10.1. The monoisotopic (exact) mass is 339 g/mol. The van der Waals surface area contributed by atoms with Gasteiger partial charge in [-0.2, -0.15) is 0 Å². The first-order valence-corrected chi connectivity index (χ1v) is 7.89. The zero-order valence-corrected chi connectivity index (χ0v) is 13.3. The highest BCUT2D eigenvalue weighted by molar-refractivity contribution is 7.98. The maximum atomic E-state index is 13.6. The molecule has 2 N–H and O–H groups in total. The standard InChI is InChI=1S/C16H12Cl2FNS/c17-13-4-5-14(18)16(9-13)21-10-11-3-6-15(19)12(8-11)2-1-7-20/h3-6,8-9H,7,10,20H2. The van der Waals surface area contributed by atoms with E-state index in [4.69, 9.17) is 28.9 Å². The van der Waals surface area contributed by atoms with Crippen molar-refractivity contribution in [3.05, 3.63) is 63.4 Å². The zero-order chi connectivity index (χ0) is 15.2. The lowest BCUT2D eigenvalue weighted by molar-refractivity contribution is 0.624. The highest BCUT2D eigenvalue weighted by Gasteiger charge is 2.05. The fourth-order valence-electron chi connectivity index (χ4n) is 1.65. The van der Waals surface area contributed by atoms with Crippen molar-refractivity contribution >= 4 is 35.0 Å². The molecule has 0 saturated carbocycles. The van der Waals surface area contributed by atoms with E-state index in [0.717, 1.165) is 10.5 Å². The molecule has 0 spiro atoms. The first-order chi connectivity index (χ1) is 10.1. The molecule has 2 rings (SSSR count). The van der Waals surface area contributed by atoms with E-state index in [9.17, 15) is 4.39 Å². The predicted octanol–water partition coefficient (Wildman–Crippen LogP) is 4.74. The third-order valence-corrected chi connectivity index (χ3v) is 4.45. The fourth-order valence-corrected chi connectivity index (χ4v) is 3.09. The Balaban J connectivity index is 2.15. The molecule has 21 heavy (non-hydrogen) atoms. The molecule has 1 nitrogen and oxygen atoms in total. The van der Waals surface area contributed by atoms with Gasteiger partial charge in [0, 0.05) is 15.7 Å². The van der Waals surface area contributed by atoms with E-state index >= 15 is 0 Å². The van der Waals surface area contributed by atoms with Crippen molar-refractivity contribution in [3.8, 4) is 11.8 Å². The molecule has 0 radical (unpaired) electrons. The lowest BCUT2D eigenvalue weighted by Crippen LogP contribution is -1.94. The quantitative estimate of drug-likeness (QED) is 0.645. The van der Waals surface area contributed by atoms with Gasteiger partial charge < -0.3 is 5.73 Å². The van der Waals surface area contributed by atoms with Gasteiger partial charge in [0.15, 0.2) is 0 Å². The van der Waals surface area contributed by atoms with Gasteiger partial charge in [0.25, 0.3) is 0 Å². The summed E-state index contributed by atoms with van der Waals surface area (Å²) in [4.78, 5) is 0.892. The van der Waals surface area contributed by atoms with E-state index in [2.05, 4.69) is 11.8 Å². The number of thioether (sulfide) groups is 1. The van der Waals surface area contributed by atoms with Crippen molar-refractivity contribution in [1.82, 2.24) is 0 Å². The number of hydrogen-bond donors (Lipinski definition) is 1. The van der Waals surface area contributed by atoms with E-state index in [1.54, 1.807) is 36.0 Å². The molecule has 0 aliphatic heterocycles. The molecular formula is C16H12Cl2FNS. The Bertz CT molecular complexity index is 707. The molecule has 0 aliphatic carbocycles. The van der Waals surface area contributed by atoms with Crippen molar-refractivity contribution in [1.29, 1.82) is 0 Å². The topological polar surface area (TPSA) is 26.0 Å². The predicted molar refractivity (Wildman–Crippen MR) is 88.4 cm³/mol. The van der Waals surface area contributed by atoms with Gasteiger partial charge in [0.1, 0.15) is 5.82 Å². The van der Waals surface area contributed by atoms with Crippen LogP contribution >= 0.6 is 35.0 Å². The van der Waals surface area contributed by atoms with Crippen LogP contribution in [0.15, 0.2) is 41.3 Å². The second kappa shape index (κ2) is 7.72. The number of benzene rings is 2. The summed E-state index contributed by atoms with van der Waals surface area (Å²) in [5.74, 6) is 5.69. The van der Waals surface area contributed by atoms with Crippen LogP contribution in [0.3, 0.4) is 0 Å². The van der Waals surface area contributed by atoms with Crippen molar-refractivity contribution in [2.24, 2.45) is 5.73 Å². The molecule has 0 aliphatic rings. The molecule has 108 valence electrons. The highest BCUT2D eigenvalue weighted by atomic mass is 35.5. The van der Waals surface area contributed by atoms with Crippen LogP contribution in [-0.4, -0.2) is 6.54 Å². The van der Waals surface area contributed by atoms with Gasteiger partial charge in [0.2, 0.25) is 0 Å². The van der Waals surface area contributed by atoms with Gasteiger partial charge in [-0.25, -0.2) is 4.39 Å². The molecule has 0 fully saturated rings. The van der Waals surface area contributed by atoms with E-state index in [1.165, 1.54) is 6.07 Å². The molecular weight excluding hydrogens is 328 g/mol. The van der Waals surface area contributed by atoms with Crippen LogP contribution in [0.4, 0.5) is 4.39 Å².